The number of nitrogens with zero attached hydrogens (tertiary/aromatic N) is 2. The number of Topliss-reactive ketones (excluding diaryl/α,β-unsaturated/α-hetero) is 1. The van der Waals surface area contributed by atoms with Crippen LogP contribution >= 0.6 is 0 Å². The average Bonchev–Trinajstić information content (AvgIpc) is 3.03. The molecule has 2 heterocycles. The standard InChI is InChI=1S/C24H21FN2O2/c1-15-21-22(17-10-5-6-11-18(17)25)23-19(28)12-7-13-20(23)29-24(21)27(26-15)14-16-8-3-2-4-9-16/h2-6,8-11,22H,7,12-14H2,1H3/t22-/m0/s1. The topological polar surface area (TPSA) is 44.1 Å². The van der Waals surface area contributed by atoms with Crippen LogP contribution < -0.4 is 4.74 Å². The number of carbonyl (C=O) groups excluding carboxylic acids is 1. The van der Waals surface area contributed by atoms with Crippen LogP contribution in [0, 0.1) is 12.7 Å². The second-order valence-corrected chi connectivity index (χ2v) is 7.62. The fraction of sp³-hybridized carbons (Fsp3) is 0.250. The molecule has 1 atom stereocenters. The largest absolute Gasteiger partial charge is 0.443 e. The normalized spacial score (nSPS) is 18.3. The summed E-state index contributed by atoms with van der Waals surface area (Å²) in [6.07, 6.45) is 1.91. The highest BCUT2D eigenvalue weighted by molar-refractivity contribution is 5.99. The Hall–Kier alpha value is -3.21. The number of hydrogen-bond donors (Lipinski definition) is 0. The Morgan fingerprint density at radius 2 is 1.86 bits per heavy atom. The molecule has 0 saturated carbocycles. The minimum absolute atomic E-state index is 0.0420. The van der Waals surface area contributed by atoms with Gasteiger partial charge in [0.1, 0.15) is 11.6 Å². The number of halogens is 1. The van der Waals surface area contributed by atoms with Crippen molar-refractivity contribution in [2.24, 2.45) is 0 Å². The first-order chi connectivity index (χ1) is 14.1. The third kappa shape index (κ3) is 2.97. The van der Waals surface area contributed by atoms with Crippen LogP contribution in [0.25, 0.3) is 0 Å². The zero-order valence-corrected chi connectivity index (χ0v) is 16.2. The first-order valence-corrected chi connectivity index (χ1v) is 9.93. The number of ether oxygens (including phenoxy) is 1. The summed E-state index contributed by atoms with van der Waals surface area (Å²) in [5.74, 6) is 0.530. The first kappa shape index (κ1) is 17.9. The Morgan fingerprint density at radius 1 is 1.10 bits per heavy atom. The lowest BCUT2D eigenvalue weighted by molar-refractivity contribution is -0.116. The molecule has 2 aliphatic rings. The number of benzene rings is 2. The predicted octanol–water partition coefficient (Wildman–Crippen LogP) is 4.91. The van der Waals surface area contributed by atoms with Crippen molar-refractivity contribution in [3.05, 3.63) is 94.1 Å². The van der Waals surface area contributed by atoms with Gasteiger partial charge in [0.2, 0.25) is 5.88 Å². The van der Waals surface area contributed by atoms with Crippen molar-refractivity contribution >= 4 is 5.78 Å². The molecule has 0 spiro atoms. The Morgan fingerprint density at radius 3 is 2.66 bits per heavy atom. The van der Waals surface area contributed by atoms with Crippen LogP contribution in [-0.2, 0) is 11.3 Å². The van der Waals surface area contributed by atoms with Crippen LogP contribution in [0.5, 0.6) is 5.88 Å². The van der Waals surface area contributed by atoms with E-state index in [9.17, 15) is 9.18 Å². The quantitative estimate of drug-likeness (QED) is 0.640. The van der Waals surface area contributed by atoms with Crippen molar-refractivity contribution in [2.45, 2.75) is 38.6 Å². The number of hydrogen-bond acceptors (Lipinski definition) is 3. The zero-order chi connectivity index (χ0) is 20.0. The molecule has 29 heavy (non-hydrogen) atoms. The molecule has 0 unspecified atom stereocenters. The molecule has 146 valence electrons. The van der Waals surface area contributed by atoms with Gasteiger partial charge in [0.15, 0.2) is 5.78 Å². The van der Waals surface area contributed by atoms with E-state index in [4.69, 9.17) is 9.84 Å². The van der Waals surface area contributed by atoms with Crippen LogP contribution in [0.3, 0.4) is 0 Å². The maximum atomic E-state index is 14.8. The van der Waals surface area contributed by atoms with Gasteiger partial charge in [-0.25, -0.2) is 9.07 Å². The minimum atomic E-state index is -0.479. The van der Waals surface area contributed by atoms with Gasteiger partial charge >= 0.3 is 0 Å². The third-order valence-corrected chi connectivity index (χ3v) is 5.72. The molecule has 0 bridgehead atoms. The monoisotopic (exact) mass is 388 g/mol. The van der Waals surface area contributed by atoms with Gasteiger partial charge in [-0.2, -0.15) is 5.10 Å². The van der Waals surface area contributed by atoms with E-state index < -0.39 is 5.92 Å². The number of allylic oxidation sites excluding steroid dienone is 2. The second kappa shape index (κ2) is 6.99. The fourth-order valence-electron chi connectivity index (χ4n) is 4.42. The second-order valence-electron chi connectivity index (χ2n) is 7.62. The molecule has 0 N–H and O–H groups in total. The first-order valence-electron chi connectivity index (χ1n) is 9.93. The molecule has 0 radical (unpaired) electrons. The predicted molar refractivity (Wildman–Crippen MR) is 107 cm³/mol. The maximum absolute atomic E-state index is 14.8. The number of aryl methyl sites for hydroxylation is 1. The van der Waals surface area contributed by atoms with Gasteiger partial charge in [0, 0.05) is 29.5 Å². The van der Waals surface area contributed by atoms with Crippen LogP contribution in [0.2, 0.25) is 0 Å². The molecule has 5 rings (SSSR count). The smallest absolute Gasteiger partial charge is 0.222 e. The van der Waals surface area contributed by atoms with Gasteiger partial charge in [-0.3, -0.25) is 4.79 Å². The zero-order valence-electron chi connectivity index (χ0n) is 16.2. The van der Waals surface area contributed by atoms with E-state index in [1.54, 1.807) is 12.1 Å². The summed E-state index contributed by atoms with van der Waals surface area (Å²) in [5, 5.41) is 4.71. The van der Waals surface area contributed by atoms with E-state index in [2.05, 4.69) is 0 Å². The van der Waals surface area contributed by atoms with Crippen LogP contribution in [-0.4, -0.2) is 15.6 Å². The van der Waals surface area contributed by atoms with E-state index >= 15 is 0 Å². The highest BCUT2D eigenvalue weighted by atomic mass is 19.1. The fourth-order valence-corrected chi connectivity index (χ4v) is 4.42. The summed E-state index contributed by atoms with van der Waals surface area (Å²) < 4.78 is 22.9. The van der Waals surface area contributed by atoms with Crippen molar-refractivity contribution in [3.8, 4) is 5.88 Å². The molecule has 0 amide bonds. The summed E-state index contributed by atoms with van der Waals surface area (Å²) in [7, 11) is 0. The Kier molecular flexibility index (Phi) is 4.31. The summed E-state index contributed by atoms with van der Waals surface area (Å²) in [6, 6.07) is 16.7. The highest BCUT2D eigenvalue weighted by Crippen LogP contribution is 2.48. The molecule has 2 aromatic carbocycles. The summed E-state index contributed by atoms with van der Waals surface area (Å²) in [5.41, 5.74) is 3.75. The van der Waals surface area contributed by atoms with Gasteiger partial charge in [0.05, 0.1) is 18.2 Å². The van der Waals surface area contributed by atoms with Crippen molar-refractivity contribution in [3.63, 3.8) is 0 Å². The van der Waals surface area contributed by atoms with Crippen molar-refractivity contribution in [1.29, 1.82) is 0 Å². The number of carbonyl (C=O) groups is 1. The van der Waals surface area contributed by atoms with Gasteiger partial charge in [-0.15, -0.1) is 0 Å². The van der Waals surface area contributed by atoms with E-state index in [0.717, 1.165) is 23.2 Å². The lowest BCUT2D eigenvalue weighted by atomic mass is 9.77. The SMILES string of the molecule is Cc1nn(Cc2ccccc2)c2c1[C@H](c1ccccc1F)C1=C(CCCC1=O)O2. The number of rotatable bonds is 3. The Labute approximate surface area is 168 Å². The van der Waals surface area contributed by atoms with E-state index in [1.807, 2.05) is 48.0 Å². The maximum Gasteiger partial charge on any atom is 0.222 e. The Bertz CT molecular complexity index is 1130. The Balaban J connectivity index is 1.69. The average molecular weight is 388 g/mol. The minimum Gasteiger partial charge on any atom is -0.443 e. The number of fused-ring (bicyclic) bond motifs is 1. The van der Waals surface area contributed by atoms with Gasteiger partial charge < -0.3 is 4.74 Å². The lowest BCUT2D eigenvalue weighted by Gasteiger charge is -2.31. The highest BCUT2D eigenvalue weighted by Gasteiger charge is 2.41. The van der Waals surface area contributed by atoms with Crippen molar-refractivity contribution in [1.82, 2.24) is 9.78 Å². The van der Waals surface area contributed by atoms with Crippen molar-refractivity contribution in [2.75, 3.05) is 0 Å². The molecule has 0 fully saturated rings. The third-order valence-electron chi connectivity index (χ3n) is 5.72. The van der Waals surface area contributed by atoms with E-state index in [-0.39, 0.29) is 11.6 Å². The molecule has 1 aromatic heterocycles. The molecule has 1 aliphatic carbocycles. The van der Waals surface area contributed by atoms with Crippen LogP contribution in [0.15, 0.2) is 65.9 Å². The summed E-state index contributed by atoms with van der Waals surface area (Å²) >= 11 is 0. The van der Waals surface area contributed by atoms with E-state index in [0.29, 0.717) is 42.2 Å². The van der Waals surface area contributed by atoms with Crippen molar-refractivity contribution < 1.29 is 13.9 Å². The van der Waals surface area contributed by atoms with Gasteiger partial charge in [-0.05, 0) is 25.0 Å². The van der Waals surface area contributed by atoms with E-state index in [1.165, 1.54) is 6.07 Å². The number of aromatic nitrogens is 2. The lowest BCUT2D eigenvalue weighted by Crippen LogP contribution is -2.26. The number of ketones is 1. The van der Waals surface area contributed by atoms with Gasteiger partial charge in [0.25, 0.3) is 0 Å². The summed E-state index contributed by atoms with van der Waals surface area (Å²) in [6.45, 7) is 2.45. The van der Waals surface area contributed by atoms with Crippen LogP contribution in [0.1, 0.15) is 47.6 Å². The molecule has 5 heteroatoms. The molecule has 0 saturated heterocycles. The molecule has 1 aliphatic heterocycles. The summed E-state index contributed by atoms with van der Waals surface area (Å²) in [4.78, 5) is 12.9. The molecular weight excluding hydrogens is 367 g/mol. The molecule has 3 aromatic rings. The molecule has 4 nitrogen and oxygen atoms in total. The van der Waals surface area contributed by atoms with Crippen LogP contribution in [0.4, 0.5) is 4.39 Å². The van der Waals surface area contributed by atoms with Gasteiger partial charge in [-0.1, -0.05) is 48.5 Å². The molecular formula is C24H21FN2O2.